The summed E-state index contributed by atoms with van der Waals surface area (Å²) in [4.78, 5) is 53.9. The number of imide groups is 1. The summed E-state index contributed by atoms with van der Waals surface area (Å²) < 4.78 is 4.85. The molecule has 10 heteroatoms. The Balaban J connectivity index is 1.81. The molecule has 3 atom stereocenters. The van der Waals surface area contributed by atoms with E-state index >= 15 is 0 Å². The van der Waals surface area contributed by atoms with E-state index in [4.69, 9.17) is 16.3 Å². The highest BCUT2D eigenvalue weighted by Gasteiger charge is 2.58. The molecule has 0 saturated carbocycles. The maximum absolute atomic E-state index is 13.1. The van der Waals surface area contributed by atoms with E-state index in [0.717, 1.165) is 28.0 Å². The number of thiazole rings is 1. The first-order chi connectivity index (χ1) is 12.4. The number of H-pyrrole nitrogens is 1. The number of methoxy groups -OCH3 is 1. The predicted molar refractivity (Wildman–Crippen MR) is 96.8 cm³/mol. The van der Waals surface area contributed by atoms with Crippen molar-refractivity contribution >= 4 is 58.2 Å². The zero-order valence-corrected chi connectivity index (χ0v) is 15.6. The van der Waals surface area contributed by atoms with Gasteiger partial charge in [0.2, 0.25) is 11.8 Å². The molecule has 2 amide bonds. The number of esters is 1. The summed E-state index contributed by atoms with van der Waals surface area (Å²) in [7, 11) is 1.21. The number of nitrogens with one attached hydrogen (secondary N) is 1. The number of thioether (sulfide) groups is 1. The Morgan fingerprint density at radius 2 is 1.88 bits per heavy atom. The Morgan fingerprint density at radius 3 is 2.54 bits per heavy atom. The highest BCUT2D eigenvalue weighted by atomic mass is 35.5. The molecular weight excluding hydrogens is 400 g/mol. The Kier molecular flexibility index (Phi) is 4.17. The molecule has 0 bridgehead atoms. The smallest absolute Gasteiger partial charge is 0.314 e. The number of rotatable bonds is 2. The van der Waals surface area contributed by atoms with Gasteiger partial charge in [-0.1, -0.05) is 34.7 Å². The number of halogens is 1. The average molecular weight is 411 g/mol. The molecule has 0 unspecified atom stereocenters. The Labute approximate surface area is 160 Å². The van der Waals surface area contributed by atoms with Crippen LogP contribution < -0.4 is 9.77 Å². The van der Waals surface area contributed by atoms with Crippen molar-refractivity contribution in [3.05, 3.63) is 43.8 Å². The van der Waals surface area contributed by atoms with Gasteiger partial charge in [0, 0.05) is 5.02 Å². The van der Waals surface area contributed by atoms with Gasteiger partial charge in [-0.15, -0.1) is 0 Å². The van der Waals surface area contributed by atoms with E-state index in [-0.39, 0.29) is 4.87 Å². The molecule has 2 aliphatic rings. The summed E-state index contributed by atoms with van der Waals surface area (Å²) >= 11 is 7.83. The van der Waals surface area contributed by atoms with E-state index in [1.54, 1.807) is 24.3 Å². The van der Waals surface area contributed by atoms with Crippen LogP contribution in [-0.4, -0.2) is 35.1 Å². The van der Waals surface area contributed by atoms with Crippen molar-refractivity contribution in [2.45, 2.75) is 16.2 Å². The third-order valence-electron chi connectivity index (χ3n) is 4.36. The third kappa shape index (κ3) is 2.50. The van der Waals surface area contributed by atoms with Crippen molar-refractivity contribution in [3.63, 3.8) is 0 Å². The Hall–Kier alpha value is -2.10. The number of fused-ring (bicyclic) bond motifs is 2. The molecule has 1 aromatic carbocycles. The SMILES string of the molecule is COC(=O)[C@@H]1c2sc(=O)[nH]c2S[C@@H]2C(=O)N(c3ccc(Cl)cc3)C(=O)[C@H]21. The molecule has 0 radical (unpaired) electrons. The van der Waals surface area contributed by atoms with Crippen LogP contribution in [0.25, 0.3) is 0 Å². The van der Waals surface area contributed by atoms with Gasteiger partial charge in [-0.25, -0.2) is 4.90 Å². The van der Waals surface area contributed by atoms with Crippen molar-refractivity contribution in [2.24, 2.45) is 5.92 Å². The van der Waals surface area contributed by atoms with Gasteiger partial charge >= 0.3 is 10.8 Å². The summed E-state index contributed by atoms with van der Waals surface area (Å²) in [5.74, 6) is -3.47. The fraction of sp³-hybridized carbons (Fsp3) is 0.250. The topological polar surface area (TPSA) is 96.5 Å². The van der Waals surface area contributed by atoms with E-state index in [9.17, 15) is 19.2 Å². The molecular formula is C16H11ClN2O5S2. The summed E-state index contributed by atoms with van der Waals surface area (Å²) in [6.07, 6.45) is 0. The molecule has 134 valence electrons. The zero-order chi connectivity index (χ0) is 18.6. The standard InChI is InChI=1S/C16H11ClN2O5S2/c1-24-15(22)9-8-11(25-12-10(9)26-16(23)18-12)14(21)19(13(8)20)7-4-2-6(17)3-5-7/h2-5,8-9,11H,1H3,(H,18,23)/t8-,9-,11-/m0/s1. The van der Waals surface area contributed by atoms with Gasteiger partial charge in [-0.05, 0) is 24.3 Å². The number of hydrogen-bond acceptors (Lipinski definition) is 7. The average Bonchev–Trinajstić information content (AvgIpc) is 3.11. The minimum Gasteiger partial charge on any atom is -0.469 e. The Bertz CT molecular complexity index is 983. The summed E-state index contributed by atoms with van der Waals surface area (Å²) in [5, 5.41) is 0.114. The second-order valence-corrected chi connectivity index (χ2v) is 8.36. The zero-order valence-electron chi connectivity index (χ0n) is 13.2. The van der Waals surface area contributed by atoms with Gasteiger partial charge in [-0.2, -0.15) is 0 Å². The molecule has 1 fully saturated rings. The lowest BCUT2D eigenvalue weighted by Crippen LogP contribution is -2.35. The van der Waals surface area contributed by atoms with Gasteiger partial charge < -0.3 is 9.72 Å². The molecule has 2 aromatic rings. The van der Waals surface area contributed by atoms with E-state index in [2.05, 4.69) is 4.98 Å². The van der Waals surface area contributed by atoms with Gasteiger partial charge in [0.1, 0.15) is 11.2 Å². The summed E-state index contributed by atoms with van der Waals surface area (Å²) in [6.45, 7) is 0. The number of carbonyl (C=O) groups is 3. The minimum absolute atomic E-state index is 0.342. The summed E-state index contributed by atoms with van der Waals surface area (Å²) in [5.41, 5.74) is 0.389. The lowest BCUT2D eigenvalue weighted by molar-refractivity contribution is -0.145. The molecule has 0 spiro atoms. The number of amides is 2. The number of ether oxygens (including phenoxy) is 1. The Morgan fingerprint density at radius 1 is 1.19 bits per heavy atom. The lowest BCUT2D eigenvalue weighted by atomic mass is 9.89. The van der Waals surface area contributed by atoms with Crippen LogP contribution >= 0.6 is 34.7 Å². The third-order valence-corrected chi connectivity index (χ3v) is 7.02. The molecule has 1 aromatic heterocycles. The maximum Gasteiger partial charge on any atom is 0.314 e. The minimum atomic E-state index is -0.987. The largest absolute Gasteiger partial charge is 0.469 e. The molecule has 1 N–H and O–H groups in total. The van der Waals surface area contributed by atoms with Crippen LogP contribution in [0.5, 0.6) is 0 Å². The first-order valence-corrected chi connectivity index (χ1v) is 9.60. The number of aromatic nitrogens is 1. The van der Waals surface area contributed by atoms with Crippen LogP contribution in [0.15, 0.2) is 34.1 Å². The fourth-order valence-corrected chi connectivity index (χ4v) is 5.84. The second kappa shape index (κ2) is 6.26. The number of aromatic amines is 1. The molecule has 2 aliphatic heterocycles. The highest BCUT2D eigenvalue weighted by Crippen LogP contribution is 2.51. The van der Waals surface area contributed by atoms with Gasteiger partial charge in [-0.3, -0.25) is 19.2 Å². The first kappa shape index (κ1) is 17.3. The number of anilines is 1. The molecule has 0 aliphatic carbocycles. The van der Waals surface area contributed by atoms with Crippen LogP contribution in [0, 0.1) is 5.92 Å². The molecule has 3 heterocycles. The second-order valence-electron chi connectivity index (χ2n) is 5.76. The molecule has 26 heavy (non-hydrogen) atoms. The van der Waals surface area contributed by atoms with Gasteiger partial charge in [0.25, 0.3) is 0 Å². The van der Waals surface area contributed by atoms with Gasteiger partial charge in [0.15, 0.2) is 0 Å². The van der Waals surface area contributed by atoms with Crippen LogP contribution in [0.4, 0.5) is 5.69 Å². The molecule has 7 nitrogen and oxygen atoms in total. The normalized spacial score (nSPS) is 24.4. The van der Waals surface area contributed by atoms with Crippen molar-refractivity contribution in [2.75, 3.05) is 12.0 Å². The van der Waals surface area contributed by atoms with Crippen molar-refractivity contribution in [3.8, 4) is 0 Å². The van der Waals surface area contributed by atoms with Gasteiger partial charge in [0.05, 0.1) is 28.6 Å². The maximum atomic E-state index is 13.1. The van der Waals surface area contributed by atoms with Crippen LogP contribution in [0.1, 0.15) is 10.8 Å². The monoisotopic (exact) mass is 410 g/mol. The van der Waals surface area contributed by atoms with Crippen LogP contribution in [0.2, 0.25) is 5.02 Å². The van der Waals surface area contributed by atoms with Crippen molar-refractivity contribution < 1.29 is 19.1 Å². The van der Waals surface area contributed by atoms with E-state index in [1.165, 1.54) is 7.11 Å². The van der Waals surface area contributed by atoms with Crippen molar-refractivity contribution in [1.29, 1.82) is 0 Å². The number of hydrogen-bond donors (Lipinski definition) is 1. The predicted octanol–water partition coefficient (Wildman–Crippen LogP) is 2.01. The first-order valence-electron chi connectivity index (χ1n) is 7.53. The number of carbonyl (C=O) groups excluding carboxylic acids is 3. The van der Waals surface area contributed by atoms with Crippen LogP contribution in [-0.2, 0) is 19.1 Å². The number of benzene rings is 1. The molecule has 1 saturated heterocycles. The van der Waals surface area contributed by atoms with E-state index < -0.39 is 34.9 Å². The summed E-state index contributed by atoms with van der Waals surface area (Å²) in [6, 6.07) is 6.31. The molecule has 4 rings (SSSR count). The van der Waals surface area contributed by atoms with E-state index in [1.807, 2.05) is 0 Å². The highest BCUT2D eigenvalue weighted by molar-refractivity contribution is 8.00. The van der Waals surface area contributed by atoms with E-state index in [0.29, 0.717) is 20.6 Å². The van der Waals surface area contributed by atoms with Crippen molar-refractivity contribution in [1.82, 2.24) is 4.98 Å². The van der Waals surface area contributed by atoms with Crippen LogP contribution in [0.3, 0.4) is 0 Å². The lowest BCUT2D eigenvalue weighted by Gasteiger charge is -2.27. The quantitative estimate of drug-likeness (QED) is 0.601. The number of nitrogens with zero attached hydrogens (tertiary/aromatic N) is 1. The fourth-order valence-electron chi connectivity index (χ4n) is 3.24.